The molecule has 192 valence electrons. The summed E-state index contributed by atoms with van der Waals surface area (Å²) in [7, 11) is -0.500. The van der Waals surface area contributed by atoms with Crippen LogP contribution in [0.4, 0.5) is 4.39 Å². The average molecular weight is 516 g/mol. The van der Waals surface area contributed by atoms with E-state index in [-0.39, 0.29) is 35.6 Å². The number of carbonyl (C=O) groups excluding carboxylic acids is 1. The molecule has 3 aromatic rings. The molecule has 0 aliphatic carbocycles. The van der Waals surface area contributed by atoms with E-state index < -0.39 is 9.84 Å². The second-order valence-electron chi connectivity index (χ2n) is 8.17. The van der Waals surface area contributed by atoms with E-state index in [1.807, 2.05) is 0 Å². The Balaban J connectivity index is 1.41. The largest absolute Gasteiger partial charge is 0.493 e. The van der Waals surface area contributed by atoms with E-state index in [0.717, 1.165) is 11.1 Å². The van der Waals surface area contributed by atoms with Crippen LogP contribution in [0.5, 0.6) is 11.5 Å². The highest BCUT2D eigenvalue weighted by Gasteiger charge is 2.17. The van der Waals surface area contributed by atoms with Gasteiger partial charge in [-0.1, -0.05) is 30.3 Å². The van der Waals surface area contributed by atoms with E-state index in [1.54, 1.807) is 54.6 Å². The molecule has 3 aromatic carbocycles. The molecule has 1 N–H and O–H groups in total. The lowest BCUT2D eigenvalue weighted by Gasteiger charge is -2.10. The van der Waals surface area contributed by atoms with Crippen molar-refractivity contribution in [2.24, 2.45) is 0 Å². The molecular formula is C27H30FNO6S. The van der Waals surface area contributed by atoms with Gasteiger partial charge in [-0.25, -0.2) is 12.8 Å². The maximum atomic E-state index is 12.9. The third-order valence-electron chi connectivity index (χ3n) is 5.47. The molecule has 0 aliphatic rings. The van der Waals surface area contributed by atoms with Crippen LogP contribution in [-0.2, 0) is 38.1 Å². The fraction of sp³-hybridized carbons (Fsp3) is 0.296. The molecule has 0 unspecified atom stereocenters. The Hall–Kier alpha value is -3.43. The van der Waals surface area contributed by atoms with Crippen LogP contribution in [0, 0.1) is 5.82 Å². The third kappa shape index (κ3) is 8.07. The van der Waals surface area contributed by atoms with E-state index in [9.17, 15) is 17.6 Å². The molecule has 0 saturated heterocycles. The molecule has 0 aromatic heterocycles. The maximum Gasteiger partial charge on any atom is 0.246 e. The Morgan fingerprint density at radius 2 is 1.50 bits per heavy atom. The van der Waals surface area contributed by atoms with Gasteiger partial charge in [0.15, 0.2) is 21.3 Å². The average Bonchev–Trinajstić information content (AvgIpc) is 2.88. The van der Waals surface area contributed by atoms with Crippen LogP contribution in [-0.4, -0.2) is 41.7 Å². The first-order chi connectivity index (χ1) is 17.3. The molecule has 0 aliphatic heterocycles. The minimum atomic E-state index is -3.53. The van der Waals surface area contributed by atoms with Gasteiger partial charge in [-0.3, -0.25) is 4.79 Å². The smallest absolute Gasteiger partial charge is 0.246 e. The van der Waals surface area contributed by atoms with Gasteiger partial charge in [0.25, 0.3) is 0 Å². The number of aryl methyl sites for hydroxylation is 1. The number of amides is 1. The van der Waals surface area contributed by atoms with Crippen molar-refractivity contribution in [3.05, 3.63) is 89.2 Å². The van der Waals surface area contributed by atoms with Crippen LogP contribution in [0.2, 0.25) is 0 Å². The molecule has 1 amide bonds. The molecule has 0 saturated carbocycles. The van der Waals surface area contributed by atoms with Crippen LogP contribution in [0.25, 0.3) is 0 Å². The summed E-state index contributed by atoms with van der Waals surface area (Å²) in [6.45, 7) is 0.622. The molecule has 36 heavy (non-hydrogen) atoms. The van der Waals surface area contributed by atoms with Gasteiger partial charge in [0.1, 0.15) is 12.4 Å². The van der Waals surface area contributed by atoms with E-state index in [2.05, 4.69) is 5.32 Å². The van der Waals surface area contributed by atoms with Crippen molar-refractivity contribution >= 4 is 15.7 Å². The maximum absolute atomic E-state index is 12.9. The quantitative estimate of drug-likeness (QED) is 0.345. The minimum Gasteiger partial charge on any atom is -0.493 e. The summed E-state index contributed by atoms with van der Waals surface area (Å²) >= 11 is 0. The van der Waals surface area contributed by atoms with E-state index in [1.165, 1.54) is 26.4 Å². The summed E-state index contributed by atoms with van der Waals surface area (Å²) in [5, 5.41) is 2.79. The fourth-order valence-corrected chi connectivity index (χ4v) is 4.89. The number of hydrogen-bond acceptors (Lipinski definition) is 6. The number of rotatable bonds is 13. The van der Waals surface area contributed by atoms with Gasteiger partial charge in [0.05, 0.1) is 31.5 Å². The Morgan fingerprint density at radius 1 is 0.861 bits per heavy atom. The minimum absolute atomic E-state index is 0.0794. The highest BCUT2D eigenvalue weighted by atomic mass is 32.2. The highest BCUT2D eigenvalue weighted by Crippen LogP contribution is 2.29. The molecule has 0 atom stereocenters. The number of benzene rings is 3. The molecule has 0 spiro atoms. The van der Waals surface area contributed by atoms with Crippen LogP contribution in [0.15, 0.2) is 71.6 Å². The standard InChI is InChI=1S/C27H30FNO6S/c1-33-25-14-9-22(16-26(25)34-2)19-36(31,32)24-12-7-20(8-13-24)4-3-15-29-27(30)18-35-17-21-5-10-23(28)11-6-21/h5-14,16H,3-4,15,17-19H2,1-2H3,(H,29,30). The predicted octanol–water partition coefficient (Wildman–Crippen LogP) is 4.08. The van der Waals surface area contributed by atoms with Gasteiger partial charge in [-0.15, -0.1) is 0 Å². The molecule has 0 bridgehead atoms. The second-order valence-corrected chi connectivity index (χ2v) is 10.2. The summed E-state index contributed by atoms with van der Waals surface area (Å²) in [6, 6.07) is 17.7. The Morgan fingerprint density at radius 3 is 2.17 bits per heavy atom. The molecule has 0 heterocycles. The third-order valence-corrected chi connectivity index (χ3v) is 7.17. The van der Waals surface area contributed by atoms with Gasteiger partial charge in [0.2, 0.25) is 5.91 Å². The first kappa shape index (κ1) is 27.2. The lowest BCUT2D eigenvalue weighted by atomic mass is 10.1. The molecule has 0 fully saturated rings. The normalized spacial score (nSPS) is 11.2. The molecule has 9 heteroatoms. The molecular weight excluding hydrogens is 485 g/mol. The Kier molecular flexibility index (Phi) is 9.84. The zero-order valence-electron chi connectivity index (χ0n) is 20.3. The van der Waals surface area contributed by atoms with Gasteiger partial charge in [-0.2, -0.15) is 0 Å². The highest BCUT2D eigenvalue weighted by molar-refractivity contribution is 7.90. The van der Waals surface area contributed by atoms with Crippen molar-refractivity contribution in [2.75, 3.05) is 27.4 Å². The van der Waals surface area contributed by atoms with Gasteiger partial charge in [-0.05, 0) is 65.9 Å². The van der Waals surface area contributed by atoms with Gasteiger partial charge < -0.3 is 19.5 Å². The van der Waals surface area contributed by atoms with Crippen molar-refractivity contribution in [1.82, 2.24) is 5.32 Å². The van der Waals surface area contributed by atoms with Crippen LogP contribution in [0.3, 0.4) is 0 Å². The number of nitrogens with one attached hydrogen (secondary N) is 1. The monoisotopic (exact) mass is 515 g/mol. The summed E-state index contributed by atoms with van der Waals surface area (Å²) in [4.78, 5) is 12.1. The number of carbonyl (C=O) groups is 1. The number of halogens is 1. The van der Waals surface area contributed by atoms with E-state index in [4.69, 9.17) is 14.2 Å². The fourth-order valence-electron chi connectivity index (χ4n) is 3.55. The van der Waals surface area contributed by atoms with E-state index >= 15 is 0 Å². The van der Waals surface area contributed by atoms with Crippen molar-refractivity contribution in [2.45, 2.75) is 30.1 Å². The van der Waals surface area contributed by atoms with Crippen LogP contribution >= 0.6 is 0 Å². The first-order valence-electron chi connectivity index (χ1n) is 11.4. The topological polar surface area (TPSA) is 90.9 Å². The lowest BCUT2D eigenvalue weighted by Crippen LogP contribution is -2.28. The zero-order valence-corrected chi connectivity index (χ0v) is 21.1. The van der Waals surface area contributed by atoms with Crippen LogP contribution in [0.1, 0.15) is 23.1 Å². The van der Waals surface area contributed by atoms with Crippen molar-refractivity contribution in [1.29, 1.82) is 0 Å². The number of hydrogen-bond donors (Lipinski definition) is 1. The van der Waals surface area contributed by atoms with Crippen molar-refractivity contribution in [3.8, 4) is 11.5 Å². The summed E-state index contributed by atoms with van der Waals surface area (Å²) in [6.07, 6.45) is 1.38. The molecule has 0 radical (unpaired) electrons. The summed E-state index contributed by atoms with van der Waals surface area (Å²) < 4.78 is 54.4. The number of methoxy groups -OCH3 is 2. The van der Waals surface area contributed by atoms with Crippen LogP contribution < -0.4 is 14.8 Å². The second kappa shape index (κ2) is 13.0. The number of sulfone groups is 1. The van der Waals surface area contributed by atoms with Gasteiger partial charge in [0, 0.05) is 6.54 Å². The molecule has 3 rings (SSSR count). The Bertz CT molecular complexity index is 1240. The summed E-state index contributed by atoms with van der Waals surface area (Å²) in [5.74, 6) is 0.321. The summed E-state index contributed by atoms with van der Waals surface area (Å²) in [5.41, 5.74) is 2.37. The zero-order chi connectivity index (χ0) is 26.0. The molecule has 7 nitrogen and oxygen atoms in total. The predicted molar refractivity (Wildman–Crippen MR) is 134 cm³/mol. The van der Waals surface area contributed by atoms with Crippen molar-refractivity contribution < 1.29 is 31.8 Å². The Labute approximate surface area is 211 Å². The van der Waals surface area contributed by atoms with Crippen molar-refractivity contribution in [3.63, 3.8) is 0 Å². The lowest BCUT2D eigenvalue weighted by molar-refractivity contribution is -0.126. The van der Waals surface area contributed by atoms with Gasteiger partial charge >= 0.3 is 0 Å². The van der Waals surface area contributed by atoms with E-state index in [0.29, 0.717) is 36.4 Å². The first-order valence-corrected chi connectivity index (χ1v) is 13.1. The number of ether oxygens (including phenoxy) is 3. The SMILES string of the molecule is COc1ccc(CS(=O)(=O)c2ccc(CCCNC(=O)COCc3ccc(F)cc3)cc2)cc1OC.